The standard InChI is InChI=1S/C16H23ClN2O2/c1-3-8-18-14-7-6-12(17)10-13(14)16(20)19-11(2)15-5-4-9-21-15/h6-7,10-11,15,18H,3-5,8-9H2,1-2H3,(H,19,20). The van der Waals surface area contributed by atoms with Crippen molar-refractivity contribution in [2.24, 2.45) is 0 Å². The third-order valence-corrected chi connectivity index (χ3v) is 3.91. The van der Waals surface area contributed by atoms with Gasteiger partial charge in [0.1, 0.15) is 0 Å². The molecule has 4 nitrogen and oxygen atoms in total. The van der Waals surface area contributed by atoms with Crippen LogP contribution in [0.4, 0.5) is 5.69 Å². The highest BCUT2D eigenvalue weighted by molar-refractivity contribution is 6.31. The molecule has 1 fully saturated rings. The molecule has 1 amide bonds. The highest BCUT2D eigenvalue weighted by Gasteiger charge is 2.24. The maximum absolute atomic E-state index is 12.5. The molecule has 0 spiro atoms. The van der Waals surface area contributed by atoms with Gasteiger partial charge >= 0.3 is 0 Å². The van der Waals surface area contributed by atoms with Crippen LogP contribution in [0.1, 0.15) is 43.5 Å². The predicted octanol–water partition coefficient (Wildman–Crippen LogP) is 3.46. The first kappa shape index (κ1) is 16.1. The smallest absolute Gasteiger partial charge is 0.253 e. The van der Waals surface area contributed by atoms with Crippen LogP contribution in [0.5, 0.6) is 0 Å². The minimum Gasteiger partial charge on any atom is -0.384 e. The van der Waals surface area contributed by atoms with E-state index in [1.165, 1.54) is 0 Å². The summed E-state index contributed by atoms with van der Waals surface area (Å²) in [5.41, 5.74) is 1.40. The lowest BCUT2D eigenvalue weighted by Gasteiger charge is -2.21. The van der Waals surface area contributed by atoms with Gasteiger partial charge in [-0.1, -0.05) is 18.5 Å². The number of anilines is 1. The minimum absolute atomic E-state index is 0.00185. The Morgan fingerprint density at radius 2 is 2.33 bits per heavy atom. The van der Waals surface area contributed by atoms with Gasteiger partial charge in [0, 0.05) is 23.9 Å². The fourth-order valence-corrected chi connectivity index (χ4v) is 2.66. The summed E-state index contributed by atoms with van der Waals surface area (Å²) >= 11 is 6.03. The van der Waals surface area contributed by atoms with Crippen molar-refractivity contribution in [2.75, 3.05) is 18.5 Å². The van der Waals surface area contributed by atoms with Gasteiger partial charge in [-0.3, -0.25) is 4.79 Å². The second-order valence-electron chi connectivity index (χ2n) is 5.43. The number of halogens is 1. The molecule has 0 bridgehead atoms. The first-order chi connectivity index (χ1) is 10.1. The number of benzene rings is 1. The summed E-state index contributed by atoms with van der Waals surface area (Å²) in [6.45, 7) is 5.67. The van der Waals surface area contributed by atoms with Gasteiger partial charge < -0.3 is 15.4 Å². The predicted molar refractivity (Wildman–Crippen MR) is 86.1 cm³/mol. The van der Waals surface area contributed by atoms with Gasteiger partial charge in [-0.2, -0.15) is 0 Å². The third kappa shape index (κ3) is 4.35. The van der Waals surface area contributed by atoms with E-state index in [0.29, 0.717) is 10.6 Å². The van der Waals surface area contributed by atoms with Crippen LogP contribution in [0.15, 0.2) is 18.2 Å². The van der Waals surface area contributed by atoms with Gasteiger partial charge in [-0.05, 0) is 44.4 Å². The van der Waals surface area contributed by atoms with Crippen molar-refractivity contribution in [3.05, 3.63) is 28.8 Å². The maximum Gasteiger partial charge on any atom is 0.253 e. The van der Waals surface area contributed by atoms with Crippen LogP contribution in [-0.2, 0) is 4.74 Å². The van der Waals surface area contributed by atoms with E-state index in [9.17, 15) is 4.79 Å². The lowest BCUT2D eigenvalue weighted by atomic mass is 10.1. The number of carbonyl (C=O) groups is 1. The average Bonchev–Trinajstić information content (AvgIpc) is 3.00. The van der Waals surface area contributed by atoms with E-state index in [-0.39, 0.29) is 18.1 Å². The second kappa shape index (κ2) is 7.66. The Morgan fingerprint density at radius 1 is 1.52 bits per heavy atom. The molecule has 2 rings (SSSR count). The van der Waals surface area contributed by atoms with Crippen molar-refractivity contribution < 1.29 is 9.53 Å². The molecule has 0 aromatic heterocycles. The molecule has 5 heteroatoms. The van der Waals surface area contributed by atoms with E-state index in [4.69, 9.17) is 16.3 Å². The van der Waals surface area contributed by atoms with Gasteiger partial charge in [0.25, 0.3) is 5.91 Å². The van der Waals surface area contributed by atoms with E-state index in [0.717, 1.165) is 38.1 Å². The van der Waals surface area contributed by atoms with Crippen LogP contribution in [0.25, 0.3) is 0 Å². The zero-order valence-corrected chi connectivity index (χ0v) is 13.4. The van der Waals surface area contributed by atoms with Crippen LogP contribution in [0.3, 0.4) is 0 Å². The summed E-state index contributed by atoms with van der Waals surface area (Å²) in [4.78, 5) is 12.5. The first-order valence-electron chi connectivity index (χ1n) is 7.57. The summed E-state index contributed by atoms with van der Waals surface area (Å²) < 4.78 is 5.61. The second-order valence-corrected chi connectivity index (χ2v) is 5.87. The fourth-order valence-electron chi connectivity index (χ4n) is 2.49. The van der Waals surface area contributed by atoms with Crippen molar-refractivity contribution in [1.82, 2.24) is 5.32 Å². The zero-order chi connectivity index (χ0) is 15.2. The minimum atomic E-state index is -0.112. The molecule has 0 saturated carbocycles. The summed E-state index contributed by atoms with van der Waals surface area (Å²) in [7, 11) is 0. The molecular formula is C16H23ClN2O2. The number of amides is 1. The van der Waals surface area contributed by atoms with Gasteiger partial charge in [0.15, 0.2) is 0 Å². The quantitative estimate of drug-likeness (QED) is 0.846. The van der Waals surface area contributed by atoms with E-state index < -0.39 is 0 Å². The van der Waals surface area contributed by atoms with Crippen LogP contribution in [0.2, 0.25) is 5.02 Å². The van der Waals surface area contributed by atoms with Crippen LogP contribution in [0, 0.1) is 0 Å². The molecule has 0 aliphatic carbocycles. The van der Waals surface area contributed by atoms with Crippen molar-refractivity contribution in [3.63, 3.8) is 0 Å². The number of ether oxygens (including phenoxy) is 1. The van der Waals surface area contributed by atoms with E-state index in [1.54, 1.807) is 12.1 Å². The molecule has 1 aromatic rings. The Bertz CT molecular complexity index is 487. The summed E-state index contributed by atoms with van der Waals surface area (Å²) in [6, 6.07) is 5.35. The molecule has 0 radical (unpaired) electrons. The molecule has 1 aromatic carbocycles. The van der Waals surface area contributed by atoms with Gasteiger partial charge in [0.2, 0.25) is 0 Å². The number of rotatable bonds is 6. The summed E-state index contributed by atoms with van der Waals surface area (Å²) in [6.07, 6.45) is 3.17. The molecule has 1 heterocycles. The van der Waals surface area contributed by atoms with Gasteiger partial charge in [-0.15, -0.1) is 0 Å². The lowest BCUT2D eigenvalue weighted by Crippen LogP contribution is -2.41. The molecule has 2 atom stereocenters. The molecule has 21 heavy (non-hydrogen) atoms. The number of nitrogens with one attached hydrogen (secondary N) is 2. The number of carbonyl (C=O) groups excluding carboxylic acids is 1. The molecule has 1 aliphatic heterocycles. The highest BCUT2D eigenvalue weighted by Crippen LogP contribution is 2.22. The molecular weight excluding hydrogens is 288 g/mol. The zero-order valence-electron chi connectivity index (χ0n) is 12.6. The summed E-state index contributed by atoms with van der Waals surface area (Å²) in [5, 5.41) is 6.84. The lowest BCUT2D eigenvalue weighted by molar-refractivity contribution is 0.0713. The molecule has 2 N–H and O–H groups in total. The van der Waals surface area contributed by atoms with E-state index in [2.05, 4.69) is 17.6 Å². The van der Waals surface area contributed by atoms with Crippen LogP contribution < -0.4 is 10.6 Å². The highest BCUT2D eigenvalue weighted by atomic mass is 35.5. The Labute approximate surface area is 131 Å². The maximum atomic E-state index is 12.5. The molecule has 1 aliphatic rings. The van der Waals surface area contributed by atoms with Crippen LogP contribution >= 0.6 is 11.6 Å². The third-order valence-electron chi connectivity index (χ3n) is 3.67. The fraction of sp³-hybridized carbons (Fsp3) is 0.562. The topological polar surface area (TPSA) is 50.4 Å². The Morgan fingerprint density at radius 3 is 3.00 bits per heavy atom. The van der Waals surface area contributed by atoms with Gasteiger partial charge in [0.05, 0.1) is 17.7 Å². The molecule has 1 saturated heterocycles. The number of hydrogen-bond acceptors (Lipinski definition) is 3. The Hall–Kier alpha value is -1.26. The van der Waals surface area contributed by atoms with Crippen LogP contribution in [-0.4, -0.2) is 31.2 Å². The largest absolute Gasteiger partial charge is 0.384 e. The van der Waals surface area contributed by atoms with Gasteiger partial charge in [-0.25, -0.2) is 0 Å². The van der Waals surface area contributed by atoms with Crippen molar-refractivity contribution in [3.8, 4) is 0 Å². The normalized spacial score (nSPS) is 19.3. The van der Waals surface area contributed by atoms with E-state index >= 15 is 0 Å². The Kier molecular flexibility index (Phi) is 5.88. The van der Waals surface area contributed by atoms with Crippen molar-refractivity contribution in [2.45, 2.75) is 45.3 Å². The SMILES string of the molecule is CCCNc1ccc(Cl)cc1C(=O)NC(C)C1CCCO1. The Balaban J connectivity index is 2.07. The van der Waals surface area contributed by atoms with Crippen molar-refractivity contribution in [1.29, 1.82) is 0 Å². The first-order valence-corrected chi connectivity index (χ1v) is 7.95. The number of hydrogen-bond donors (Lipinski definition) is 2. The van der Waals surface area contributed by atoms with E-state index in [1.807, 2.05) is 13.0 Å². The summed E-state index contributed by atoms with van der Waals surface area (Å²) in [5.74, 6) is -0.112. The monoisotopic (exact) mass is 310 g/mol. The molecule has 116 valence electrons. The molecule has 2 unspecified atom stereocenters. The van der Waals surface area contributed by atoms with Crippen molar-refractivity contribution >= 4 is 23.2 Å². The average molecular weight is 311 g/mol.